The standard InChI is InChI=1S/C28H38N4O4S2/c1-18-6-8-19(9-7-18)26(33)32(23-16-21(14-15-28(2,3)4)37-25(23)27(34)35)20-10-12-22(13-11-20)38(36)24-17-29-30-31(24)5/h16-20,22H,6-13H2,1-5H3,(H,34,35). The smallest absolute Gasteiger partial charge is 0.348 e. The molecule has 2 saturated carbocycles. The summed E-state index contributed by atoms with van der Waals surface area (Å²) >= 11 is 1.14. The van der Waals surface area contributed by atoms with Crippen molar-refractivity contribution < 1.29 is 18.9 Å². The lowest BCUT2D eigenvalue weighted by Crippen LogP contribution is -2.47. The summed E-state index contributed by atoms with van der Waals surface area (Å²) in [7, 11) is 0.501. The number of carboxylic acids is 1. The van der Waals surface area contributed by atoms with E-state index in [0.717, 1.165) is 37.0 Å². The Morgan fingerprint density at radius 3 is 2.34 bits per heavy atom. The third-order valence-electron chi connectivity index (χ3n) is 7.52. The van der Waals surface area contributed by atoms with Crippen LogP contribution in [0.2, 0.25) is 0 Å². The van der Waals surface area contributed by atoms with Gasteiger partial charge in [-0.1, -0.05) is 24.0 Å². The van der Waals surface area contributed by atoms with Crippen molar-refractivity contribution in [1.82, 2.24) is 15.0 Å². The van der Waals surface area contributed by atoms with Gasteiger partial charge >= 0.3 is 5.97 Å². The molecule has 4 rings (SSSR count). The molecule has 0 spiro atoms. The second-order valence-electron chi connectivity index (χ2n) is 11.7. The largest absolute Gasteiger partial charge is 0.477 e. The van der Waals surface area contributed by atoms with E-state index in [2.05, 4.69) is 29.1 Å². The van der Waals surface area contributed by atoms with Crippen molar-refractivity contribution in [1.29, 1.82) is 0 Å². The highest BCUT2D eigenvalue weighted by Crippen LogP contribution is 2.39. The molecule has 0 bridgehead atoms. The predicted octanol–water partition coefficient (Wildman–Crippen LogP) is 5.25. The van der Waals surface area contributed by atoms with Crippen molar-refractivity contribution in [3.05, 3.63) is 22.0 Å². The van der Waals surface area contributed by atoms with Crippen LogP contribution in [0.5, 0.6) is 0 Å². The topological polar surface area (TPSA) is 105 Å². The maximum Gasteiger partial charge on any atom is 0.348 e. The van der Waals surface area contributed by atoms with Crippen LogP contribution in [0.3, 0.4) is 0 Å². The predicted molar refractivity (Wildman–Crippen MR) is 150 cm³/mol. The molecule has 38 heavy (non-hydrogen) atoms. The number of anilines is 1. The van der Waals surface area contributed by atoms with Gasteiger partial charge in [0.15, 0.2) is 0 Å². The van der Waals surface area contributed by atoms with Gasteiger partial charge in [-0.15, -0.1) is 16.4 Å². The molecule has 0 aliphatic heterocycles. The summed E-state index contributed by atoms with van der Waals surface area (Å²) in [5.74, 6) is 5.81. The molecule has 8 nitrogen and oxygen atoms in total. The van der Waals surface area contributed by atoms with Crippen molar-refractivity contribution in [2.24, 2.45) is 24.3 Å². The quantitative estimate of drug-likeness (QED) is 0.486. The van der Waals surface area contributed by atoms with Gasteiger partial charge in [-0.2, -0.15) is 0 Å². The number of aromatic nitrogens is 3. The van der Waals surface area contributed by atoms with E-state index in [-0.39, 0.29) is 33.4 Å². The minimum atomic E-state index is -1.24. The lowest BCUT2D eigenvalue weighted by Gasteiger charge is -2.39. The molecule has 1 amide bonds. The number of amides is 1. The van der Waals surface area contributed by atoms with Crippen LogP contribution < -0.4 is 4.90 Å². The number of thiophene rings is 1. The van der Waals surface area contributed by atoms with E-state index >= 15 is 0 Å². The molecular weight excluding hydrogens is 520 g/mol. The molecule has 0 aromatic carbocycles. The number of rotatable bonds is 6. The summed E-state index contributed by atoms with van der Waals surface area (Å²) in [6, 6.07) is 1.65. The molecule has 1 atom stereocenters. The molecule has 1 N–H and O–H groups in total. The van der Waals surface area contributed by atoms with Crippen LogP contribution >= 0.6 is 11.3 Å². The SMILES string of the molecule is CC1CCC(C(=O)N(c2cc(C#CC(C)(C)C)sc2C(=O)O)C2CCC(S(=O)c3cnnn3C)CC2)CC1. The second kappa shape index (κ2) is 11.7. The van der Waals surface area contributed by atoms with E-state index in [9.17, 15) is 18.9 Å². The number of aryl methyl sites for hydroxylation is 1. The van der Waals surface area contributed by atoms with Crippen LogP contribution in [0.4, 0.5) is 5.69 Å². The Kier molecular flexibility index (Phi) is 8.78. The number of hydrogen-bond donors (Lipinski definition) is 1. The van der Waals surface area contributed by atoms with E-state index in [4.69, 9.17) is 0 Å². The van der Waals surface area contributed by atoms with E-state index in [1.54, 1.807) is 28.9 Å². The van der Waals surface area contributed by atoms with Gasteiger partial charge in [0.05, 0.1) is 27.6 Å². The minimum Gasteiger partial charge on any atom is -0.477 e. The third-order valence-corrected chi connectivity index (χ3v) is 10.4. The van der Waals surface area contributed by atoms with Crippen molar-refractivity contribution in [2.75, 3.05) is 4.90 Å². The van der Waals surface area contributed by atoms with Gasteiger partial charge < -0.3 is 10.0 Å². The molecule has 2 aliphatic carbocycles. The van der Waals surface area contributed by atoms with Crippen LogP contribution in [-0.4, -0.2) is 47.5 Å². The lowest BCUT2D eigenvalue weighted by atomic mass is 9.81. The van der Waals surface area contributed by atoms with Gasteiger partial charge in [0.1, 0.15) is 9.90 Å². The first-order chi connectivity index (χ1) is 17.9. The summed E-state index contributed by atoms with van der Waals surface area (Å²) in [5, 5.41) is 18.4. The molecule has 10 heteroatoms. The van der Waals surface area contributed by atoms with Gasteiger partial charge in [-0.25, -0.2) is 9.48 Å². The Morgan fingerprint density at radius 1 is 1.13 bits per heavy atom. The normalized spacial score (nSPS) is 24.8. The monoisotopic (exact) mass is 558 g/mol. The van der Waals surface area contributed by atoms with Crippen LogP contribution in [0.15, 0.2) is 17.3 Å². The highest BCUT2D eigenvalue weighted by Gasteiger charge is 2.38. The number of nitrogens with zero attached hydrogens (tertiary/aromatic N) is 4. The number of carbonyl (C=O) groups is 2. The first-order valence-corrected chi connectivity index (χ1v) is 15.5. The third kappa shape index (κ3) is 6.55. The highest BCUT2D eigenvalue weighted by molar-refractivity contribution is 7.85. The summed E-state index contributed by atoms with van der Waals surface area (Å²) < 4.78 is 14.7. The first-order valence-electron chi connectivity index (χ1n) is 13.4. The van der Waals surface area contributed by atoms with E-state index in [1.165, 1.54) is 0 Å². The van der Waals surface area contributed by atoms with Crippen molar-refractivity contribution in [2.45, 2.75) is 95.4 Å². The fraction of sp³-hybridized carbons (Fsp3) is 0.643. The fourth-order valence-electron chi connectivity index (χ4n) is 5.37. The summed E-state index contributed by atoms with van der Waals surface area (Å²) in [4.78, 5) is 29.0. The number of carboxylic acid groups (broad SMARTS) is 1. The summed E-state index contributed by atoms with van der Waals surface area (Å²) in [6.45, 7) is 8.25. The number of carbonyl (C=O) groups excluding carboxylic acids is 1. The molecule has 0 radical (unpaired) electrons. The van der Waals surface area contributed by atoms with Crippen LogP contribution in [0.1, 0.15) is 93.6 Å². The van der Waals surface area contributed by atoms with Gasteiger partial charge in [0.25, 0.3) is 0 Å². The molecule has 2 fully saturated rings. The molecule has 2 heterocycles. The Labute approximate surface area is 231 Å². The van der Waals surface area contributed by atoms with Crippen molar-refractivity contribution in [3.8, 4) is 11.8 Å². The van der Waals surface area contributed by atoms with Gasteiger partial charge in [-0.05, 0) is 84.1 Å². The summed E-state index contributed by atoms with van der Waals surface area (Å²) in [5.41, 5.74) is 0.240. The van der Waals surface area contributed by atoms with Crippen LogP contribution in [0, 0.1) is 29.1 Å². The lowest BCUT2D eigenvalue weighted by molar-refractivity contribution is -0.124. The van der Waals surface area contributed by atoms with Crippen LogP contribution in [0.25, 0.3) is 0 Å². The molecular formula is C28H38N4O4S2. The fourth-order valence-corrected chi connectivity index (χ4v) is 7.71. The maximum atomic E-state index is 14.1. The van der Waals surface area contributed by atoms with Gasteiger partial charge in [0.2, 0.25) is 5.91 Å². The molecule has 2 aliphatic rings. The average molecular weight is 559 g/mol. The minimum absolute atomic E-state index is 0.0212. The number of aromatic carboxylic acids is 1. The van der Waals surface area contributed by atoms with E-state index in [0.29, 0.717) is 47.2 Å². The molecule has 206 valence electrons. The van der Waals surface area contributed by atoms with Gasteiger partial charge in [0, 0.05) is 29.7 Å². The Balaban J connectivity index is 1.64. The van der Waals surface area contributed by atoms with Crippen molar-refractivity contribution >= 4 is 39.7 Å². The molecule has 0 saturated heterocycles. The Hall–Kier alpha value is -2.51. The zero-order valence-electron chi connectivity index (χ0n) is 22.9. The highest BCUT2D eigenvalue weighted by atomic mass is 32.2. The zero-order valence-corrected chi connectivity index (χ0v) is 24.5. The van der Waals surface area contributed by atoms with Crippen LogP contribution in [-0.2, 0) is 22.6 Å². The molecule has 2 aromatic heterocycles. The zero-order chi connectivity index (χ0) is 27.6. The number of hydrogen-bond acceptors (Lipinski definition) is 6. The van der Waals surface area contributed by atoms with Crippen molar-refractivity contribution in [3.63, 3.8) is 0 Å². The molecule has 2 aromatic rings. The molecule has 1 unspecified atom stereocenters. The Morgan fingerprint density at radius 2 is 1.79 bits per heavy atom. The summed E-state index contributed by atoms with van der Waals surface area (Å²) in [6.07, 6.45) is 7.89. The van der Waals surface area contributed by atoms with E-state index < -0.39 is 16.8 Å². The maximum absolute atomic E-state index is 14.1. The second-order valence-corrected chi connectivity index (χ2v) is 14.5. The van der Waals surface area contributed by atoms with E-state index in [1.807, 2.05) is 20.8 Å². The average Bonchev–Trinajstić information content (AvgIpc) is 3.49. The Bertz CT molecular complexity index is 1250. The van der Waals surface area contributed by atoms with Gasteiger partial charge in [-0.3, -0.25) is 9.00 Å². The first kappa shape index (κ1) is 28.5.